The molecule has 164 valence electrons. The molecule has 4 heteroatoms. The molecule has 4 rings (SSSR count). The van der Waals surface area contributed by atoms with Crippen molar-refractivity contribution >= 4 is 16.8 Å². The first-order valence-electron chi connectivity index (χ1n) is 11.0. The molecule has 4 aromatic rings. The lowest BCUT2D eigenvalue weighted by Crippen LogP contribution is -2.33. The normalized spacial score (nSPS) is 11.6. The van der Waals surface area contributed by atoms with Crippen molar-refractivity contribution in [2.24, 2.45) is 0 Å². The Labute approximate surface area is 188 Å². The molecule has 0 saturated heterocycles. The fourth-order valence-corrected chi connectivity index (χ4v) is 3.96. The number of amides is 1. The fourth-order valence-electron chi connectivity index (χ4n) is 3.96. The van der Waals surface area contributed by atoms with E-state index in [2.05, 4.69) is 50.0 Å². The van der Waals surface area contributed by atoms with Gasteiger partial charge in [-0.2, -0.15) is 0 Å². The van der Waals surface area contributed by atoms with Gasteiger partial charge in [0.2, 0.25) is 0 Å². The van der Waals surface area contributed by atoms with Crippen LogP contribution in [0.3, 0.4) is 0 Å². The van der Waals surface area contributed by atoms with E-state index < -0.39 is 5.82 Å². The summed E-state index contributed by atoms with van der Waals surface area (Å²) in [6, 6.07) is 23.3. The molecule has 0 radical (unpaired) electrons. The third-order valence-corrected chi connectivity index (χ3v) is 5.88. The van der Waals surface area contributed by atoms with Gasteiger partial charge < -0.3 is 9.88 Å². The molecule has 1 amide bonds. The average Bonchev–Trinajstić information content (AvgIpc) is 3.25. The maximum Gasteiger partial charge on any atom is 0.259 e. The summed E-state index contributed by atoms with van der Waals surface area (Å²) in [5, 5.41) is 0.826. The number of aromatic amines is 1. The van der Waals surface area contributed by atoms with Gasteiger partial charge in [-0.15, -0.1) is 0 Å². The minimum Gasteiger partial charge on any atom is -0.360 e. The van der Waals surface area contributed by atoms with Gasteiger partial charge in [0.25, 0.3) is 5.91 Å². The van der Waals surface area contributed by atoms with Gasteiger partial charge in [0.05, 0.1) is 11.1 Å². The number of carbonyl (C=O) groups excluding carboxylic acids is 1. The van der Waals surface area contributed by atoms with E-state index in [1.54, 1.807) is 17.2 Å². The van der Waals surface area contributed by atoms with E-state index in [-0.39, 0.29) is 16.9 Å². The van der Waals surface area contributed by atoms with E-state index in [1.807, 2.05) is 36.4 Å². The molecule has 3 aromatic carbocycles. The van der Waals surface area contributed by atoms with Crippen LogP contribution in [0.2, 0.25) is 0 Å². The van der Waals surface area contributed by atoms with Crippen LogP contribution in [0, 0.1) is 5.82 Å². The summed E-state index contributed by atoms with van der Waals surface area (Å²) in [6.45, 7) is 7.46. The van der Waals surface area contributed by atoms with Gasteiger partial charge in [-0.3, -0.25) is 4.79 Å². The molecule has 0 fully saturated rings. The summed E-state index contributed by atoms with van der Waals surface area (Å²) in [4.78, 5) is 18.4. The summed E-state index contributed by atoms with van der Waals surface area (Å²) < 4.78 is 14.8. The number of aromatic nitrogens is 1. The van der Waals surface area contributed by atoms with Crippen LogP contribution >= 0.6 is 0 Å². The number of hydrogen-bond acceptors (Lipinski definition) is 1. The Morgan fingerprint density at radius 1 is 0.906 bits per heavy atom. The third-order valence-electron chi connectivity index (χ3n) is 5.88. The third kappa shape index (κ3) is 4.75. The highest BCUT2D eigenvalue weighted by molar-refractivity contribution is 6.06. The minimum atomic E-state index is -0.502. The highest BCUT2D eigenvalue weighted by Gasteiger charge is 2.23. The second kappa shape index (κ2) is 8.99. The Morgan fingerprint density at radius 2 is 1.62 bits per heavy atom. The second-order valence-electron chi connectivity index (χ2n) is 9.27. The van der Waals surface area contributed by atoms with E-state index in [1.165, 1.54) is 11.6 Å². The molecule has 3 nitrogen and oxygen atoms in total. The Morgan fingerprint density at radius 3 is 2.31 bits per heavy atom. The largest absolute Gasteiger partial charge is 0.360 e. The van der Waals surface area contributed by atoms with Gasteiger partial charge in [-0.1, -0.05) is 75.4 Å². The quantitative estimate of drug-likeness (QED) is 0.374. The van der Waals surface area contributed by atoms with Crippen molar-refractivity contribution in [1.29, 1.82) is 0 Å². The van der Waals surface area contributed by atoms with Crippen molar-refractivity contribution in [2.45, 2.75) is 39.2 Å². The maximum atomic E-state index is 14.8. The summed E-state index contributed by atoms with van der Waals surface area (Å²) in [6.07, 6.45) is 2.44. The van der Waals surface area contributed by atoms with Crippen molar-refractivity contribution in [2.75, 3.05) is 6.54 Å². The van der Waals surface area contributed by atoms with Crippen LogP contribution in [0.5, 0.6) is 0 Å². The van der Waals surface area contributed by atoms with Crippen LogP contribution in [0.25, 0.3) is 10.9 Å². The van der Waals surface area contributed by atoms with Crippen molar-refractivity contribution in [3.63, 3.8) is 0 Å². The summed E-state index contributed by atoms with van der Waals surface area (Å²) >= 11 is 0. The Kier molecular flexibility index (Phi) is 6.13. The number of halogens is 1. The summed E-state index contributed by atoms with van der Waals surface area (Å²) in [7, 11) is 0. The highest BCUT2D eigenvalue weighted by Crippen LogP contribution is 2.25. The number of fused-ring (bicyclic) bond motifs is 1. The van der Waals surface area contributed by atoms with Crippen LogP contribution in [0.4, 0.5) is 4.39 Å². The first-order valence-corrected chi connectivity index (χ1v) is 11.0. The van der Waals surface area contributed by atoms with Gasteiger partial charge in [0, 0.05) is 24.7 Å². The molecule has 0 spiro atoms. The molecule has 0 aliphatic carbocycles. The highest BCUT2D eigenvalue weighted by atomic mass is 19.1. The van der Waals surface area contributed by atoms with Gasteiger partial charge in [0.1, 0.15) is 5.82 Å². The molecule has 32 heavy (non-hydrogen) atoms. The number of rotatable bonds is 6. The molecule has 0 aliphatic rings. The van der Waals surface area contributed by atoms with Crippen LogP contribution in [0.1, 0.15) is 47.8 Å². The van der Waals surface area contributed by atoms with Crippen LogP contribution < -0.4 is 0 Å². The van der Waals surface area contributed by atoms with Gasteiger partial charge >= 0.3 is 0 Å². The number of nitrogens with zero attached hydrogens (tertiary/aromatic N) is 1. The first kappa shape index (κ1) is 21.8. The van der Waals surface area contributed by atoms with Gasteiger partial charge in [0.15, 0.2) is 0 Å². The number of carbonyl (C=O) groups is 1. The molecule has 0 saturated carbocycles. The molecular weight excluding hydrogens is 399 g/mol. The monoisotopic (exact) mass is 428 g/mol. The first-order chi connectivity index (χ1) is 15.3. The van der Waals surface area contributed by atoms with Crippen LogP contribution in [-0.4, -0.2) is 22.3 Å². The van der Waals surface area contributed by atoms with E-state index in [9.17, 15) is 9.18 Å². The Balaban J connectivity index is 1.64. The molecule has 1 N–H and O–H groups in total. The van der Waals surface area contributed by atoms with Crippen molar-refractivity contribution < 1.29 is 9.18 Å². The molecule has 0 atom stereocenters. The molecule has 1 heterocycles. The fraction of sp³-hybridized carbons (Fsp3) is 0.250. The average molecular weight is 429 g/mol. The van der Waals surface area contributed by atoms with Crippen molar-refractivity contribution in [3.05, 3.63) is 107 Å². The van der Waals surface area contributed by atoms with E-state index >= 15 is 0 Å². The zero-order chi connectivity index (χ0) is 22.7. The molecule has 1 aromatic heterocycles. The van der Waals surface area contributed by atoms with Gasteiger partial charge in [-0.25, -0.2) is 4.39 Å². The van der Waals surface area contributed by atoms with Crippen LogP contribution in [-0.2, 0) is 18.4 Å². The molecule has 0 bridgehead atoms. The van der Waals surface area contributed by atoms with Crippen molar-refractivity contribution in [1.82, 2.24) is 9.88 Å². The van der Waals surface area contributed by atoms with Crippen LogP contribution in [0.15, 0.2) is 79.0 Å². The van der Waals surface area contributed by atoms with Crippen molar-refractivity contribution in [3.8, 4) is 0 Å². The van der Waals surface area contributed by atoms with E-state index in [0.29, 0.717) is 25.0 Å². The Hall–Kier alpha value is -3.40. The number of nitrogens with one attached hydrogen (secondary N) is 1. The van der Waals surface area contributed by atoms with Gasteiger partial charge in [-0.05, 0) is 46.7 Å². The topological polar surface area (TPSA) is 36.1 Å². The number of benzene rings is 3. The smallest absolute Gasteiger partial charge is 0.259 e. The van der Waals surface area contributed by atoms with E-state index in [0.717, 1.165) is 16.5 Å². The standard InChI is InChI=1S/C28H29FN2O/c1-28(2,3)23-12-9-21(10-13-23)19-31(18-16-20-7-5-4-6-8-20)27(32)25-24(29)14-11-22-15-17-30-26(22)25/h4-15,17,30H,16,18-19H2,1-3H3. The minimum absolute atomic E-state index is 0.0632. The number of hydrogen-bond donors (Lipinski definition) is 1. The molecular formula is C28H29FN2O. The molecule has 0 aliphatic heterocycles. The summed E-state index contributed by atoms with van der Waals surface area (Å²) in [5.41, 5.74) is 4.12. The molecule has 0 unspecified atom stereocenters. The lowest BCUT2D eigenvalue weighted by Gasteiger charge is -2.25. The Bertz CT molecular complexity index is 1200. The predicted molar refractivity (Wildman–Crippen MR) is 128 cm³/mol. The number of H-pyrrole nitrogens is 1. The lowest BCUT2D eigenvalue weighted by molar-refractivity contribution is 0.0742. The zero-order valence-corrected chi connectivity index (χ0v) is 18.9. The predicted octanol–water partition coefficient (Wildman–Crippen LogP) is 6.49. The maximum absolute atomic E-state index is 14.8. The lowest BCUT2D eigenvalue weighted by atomic mass is 9.87. The second-order valence-corrected chi connectivity index (χ2v) is 9.27. The van der Waals surface area contributed by atoms with E-state index in [4.69, 9.17) is 0 Å². The zero-order valence-electron chi connectivity index (χ0n) is 18.9. The summed E-state index contributed by atoms with van der Waals surface area (Å²) in [5.74, 6) is -0.802. The SMILES string of the molecule is CC(C)(C)c1ccc(CN(CCc2ccccc2)C(=O)c2c(F)ccc3cc[nH]c23)cc1.